The van der Waals surface area contributed by atoms with Gasteiger partial charge in [-0.3, -0.25) is 0 Å². The van der Waals surface area contributed by atoms with Crippen molar-refractivity contribution in [1.82, 2.24) is 9.97 Å². The van der Waals surface area contributed by atoms with Gasteiger partial charge in [0.1, 0.15) is 5.69 Å². The van der Waals surface area contributed by atoms with Gasteiger partial charge >= 0.3 is 6.18 Å². The van der Waals surface area contributed by atoms with E-state index < -0.39 is 11.9 Å². The minimum atomic E-state index is -4.43. The molecule has 0 saturated heterocycles. The highest BCUT2D eigenvalue weighted by Crippen LogP contribution is 2.32. The van der Waals surface area contributed by atoms with Crippen molar-refractivity contribution >= 4 is 17.5 Å². The molecule has 0 aromatic carbocycles. The Morgan fingerprint density at radius 2 is 2.12 bits per heavy atom. The standard InChI is InChI=1S/C10H11ClF3N3/c11-7-3-6(4-7)5-16-9-15-2-1-8(17-9)10(12,13)14/h1-2,6-7H,3-5H2,(H,15,16,17). The van der Waals surface area contributed by atoms with Gasteiger partial charge in [-0.25, -0.2) is 9.97 Å². The van der Waals surface area contributed by atoms with Gasteiger partial charge < -0.3 is 5.32 Å². The fraction of sp³-hybridized carbons (Fsp3) is 0.600. The zero-order chi connectivity index (χ0) is 12.5. The normalized spacial score (nSPS) is 24.2. The Morgan fingerprint density at radius 3 is 2.71 bits per heavy atom. The Hall–Kier alpha value is -1.04. The fourth-order valence-corrected chi connectivity index (χ4v) is 2.16. The summed E-state index contributed by atoms with van der Waals surface area (Å²) in [4.78, 5) is 7.16. The van der Waals surface area contributed by atoms with Gasteiger partial charge in [0, 0.05) is 18.1 Å². The van der Waals surface area contributed by atoms with Crippen LogP contribution in [0.4, 0.5) is 19.1 Å². The van der Waals surface area contributed by atoms with Gasteiger partial charge in [-0.05, 0) is 24.8 Å². The fourth-order valence-electron chi connectivity index (χ4n) is 1.66. The van der Waals surface area contributed by atoms with Crippen LogP contribution in [0.25, 0.3) is 0 Å². The van der Waals surface area contributed by atoms with E-state index in [2.05, 4.69) is 15.3 Å². The maximum absolute atomic E-state index is 12.4. The summed E-state index contributed by atoms with van der Waals surface area (Å²) in [7, 11) is 0. The molecule has 1 aliphatic carbocycles. The summed E-state index contributed by atoms with van der Waals surface area (Å²) in [6.07, 6.45) is -1.57. The molecule has 1 aliphatic rings. The lowest BCUT2D eigenvalue weighted by molar-refractivity contribution is -0.141. The number of nitrogens with zero attached hydrogens (tertiary/aromatic N) is 2. The van der Waals surface area contributed by atoms with E-state index >= 15 is 0 Å². The van der Waals surface area contributed by atoms with Crippen molar-refractivity contribution in [3.8, 4) is 0 Å². The number of alkyl halides is 4. The average Bonchev–Trinajstić information content (AvgIpc) is 2.22. The molecule has 17 heavy (non-hydrogen) atoms. The molecule has 1 aromatic rings. The summed E-state index contributed by atoms with van der Waals surface area (Å²) in [5, 5.41) is 3.00. The number of aromatic nitrogens is 2. The van der Waals surface area contributed by atoms with Crippen molar-refractivity contribution in [1.29, 1.82) is 0 Å². The molecule has 3 nitrogen and oxygen atoms in total. The van der Waals surface area contributed by atoms with E-state index in [9.17, 15) is 13.2 Å². The number of hydrogen-bond donors (Lipinski definition) is 1. The molecule has 0 amide bonds. The molecule has 1 aromatic heterocycles. The van der Waals surface area contributed by atoms with Crippen LogP contribution in [-0.4, -0.2) is 21.9 Å². The summed E-state index contributed by atoms with van der Waals surface area (Å²) >= 11 is 5.80. The Balaban J connectivity index is 1.92. The molecule has 0 unspecified atom stereocenters. The molecule has 1 N–H and O–H groups in total. The summed E-state index contributed by atoms with van der Waals surface area (Å²) < 4.78 is 37.1. The van der Waals surface area contributed by atoms with Crippen molar-refractivity contribution in [2.45, 2.75) is 24.4 Å². The molecule has 1 fully saturated rings. The molecule has 0 bridgehead atoms. The predicted octanol–water partition coefficient (Wildman–Crippen LogP) is 2.92. The first-order chi connectivity index (χ1) is 7.95. The van der Waals surface area contributed by atoms with Crippen LogP contribution in [-0.2, 0) is 6.18 Å². The largest absolute Gasteiger partial charge is 0.433 e. The number of hydrogen-bond acceptors (Lipinski definition) is 3. The van der Waals surface area contributed by atoms with E-state index in [4.69, 9.17) is 11.6 Å². The third-order valence-corrected chi connectivity index (χ3v) is 3.03. The van der Waals surface area contributed by atoms with Crippen LogP contribution in [0, 0.1) is 5.92 Å². The maximum atomic E-state index is 12.4. The SMILES string of the molecule is FC(F)(F)c1ccnc(NCC2CC(Cl)C2)n1. The zero-order valence-electron chi connectivity index (χ0n) is 8.84. The Morgan fingerprint density at radius 1 is 1.41 bits per heavy atom. The maximum Gasteiger partial charge on any atom is 0.433 e. The number of anilines is 1. The van der Waals surface area contributed by atoms with Crippen LogP contribution in [0.3, 0.4) is 0 Å². The second kappa shape index (κ2) is 4.68. The predicted molar refractivity (Wildman–Crippen MR) is 57.9 cm³/mol. The molecule has 94 valence electrons. The molecule has 7 heteroatoms. The Labute approximate surface area is 101 Å². The molecular formula is C10H11ClF3N3. The van der Waals surface area contributed by atoms with Crippen molar-refractivity contribution in [3.63, 3.8) is 0 Å². The molecule has 1 saturated carbocycles. The third kappa shape index (κ3) is 3.21. The van der Waals surface area contributed by atoms with E-state index in [1.165, 1.54) is 0 Å². The lowest BCUT2D eigenvalue weighted by Gasteiger charge is -2.30. The molecular weight excluding hydrogens is 255 g/mol. The van der Waals surface area contributed by atoms with Crippen molar-refractivity contribution in [2.75, 3.05) is 11.9 Å². The van der Waals surface area contributed by atoms with Gasteiger partial charge in [0.25, 0.3) is 0 Å². The average molecular weight is 266 g/mol. The molecule has 0 atom stereocenters. The van der Waals surface area contributed by atoms with Gasteiger partial charge in [-0.15, -0.1) is 11.6 Å². The monoisotopic (exact) mass is 265 g/mol. The van der Waals surface area contributed by atoms with Crippen LogP contribution >= 0.6 is 11.6 Å². The van der Waals surface area contributed by atoms with E-state index in [0.29, 0.717) is 12.5 Å². The van der Waals surface area contributed by atoms with E-state index in [0.717, 1.165) is 25.1 Å². The highest BCUT2D eigenvalue weighted by molar-refractivity contribution is 6.21. The molecule has 1 heterocycles. The van der Waals surface area contributed by atoms with Crippen LogP contribution in [0.5, 0.6) is 0 Å². The number of halogens is 4. The first kappa shape index (κ1) is 12.4. The van der Waals surface area contributed by atoms with Gasteiger partial charge in [0.2, 0.25) is 5.95 Å². The minimum Gasteiger partial charge on any atom is -0.354 e. The molecule has 0 spiro atoms. The summed E-state index contributed by atoms with van der Waals surface area (Å²) in [6, 6.07) is 0.851. The van der Waals surface area contributed by atoms with Crippen LogP contribution < -0.4 is 5.32 Å². The van der Waals surface area contributed by atoms with Crippen molar-refractivity contribution in [2.24, 2.45) is 5.92 Å². The molecule has 2 rings (SSSR count). The second-order valence-electron chi connectivity index (χ2n) is 4.08. The third-order valence-electron chi connectivity index (χ3n) is 2.67. The van der Waals surface area contributed by atoms with Crippen molar-refractivity contribution < 1.29 is 13.2 Å². The first-order valence-corrected chi connectivity index (χ1v) is 5.67. The Kier molecular flexibility index (Phi) is 3.42. The quantitative estimate of drug-likeness (QED) is 0.854. The molecule has 0 aliphatic heterocycles. The zero-order valence-corrected chi connectivity index (χ0v) is 9.59. The summed E-state index contributed by atoms with van der Waals surface area (Å²) in [5.41, 5.74) is -0.932. The number of nitrogens with one attached hydrogen (secondary N) is 1. The lowest BCUT2D eigenvalue weighted by Crippen LogP contribution is -2.30. The second-order valence-corrected chi connectivity index (χ2v) is 4.70. The van der Waals surface area contributed by atoms with Gasteiger partial charge in [-0.1, -0.05) is 0 Å². The first-order valence-electron chi connectivity index (χ1n) is 5.23. The highest BCUT2D eigenvalue weighted by Gasteiger charge is 2.33. The van der Waals surface area contributed by atoms with Gasteiger partial charge in [0.15, 0.2) is 0 Å². The molecule has 0 radical (unpaired) electrons. The van der Waals surface area contributed by atoms with Gasteiger partial charge in [-0.2, -0.15) is 13.2 Å². The minimum absolute atomic E-state index is 0.0119. The summed E-state index contributed by atoms with van der Waals surface area (Å²) in [6.45, 7) is 0.560. The van der Waals surface area contributed by atoms with Gasteiger partial charge in [0.05, 0.1) is 0 Å². The lowest BCUT2D eigenvalue weighted by atomic mass is 9.85. The topological polar surface area (TPSA) is 37.8 Å². The smallest absolute Gasteiger partial charge is 0.354 e. The van der Waals surface area contributed by atoms with E-state index in [1.54, 1.807) is 0 Å². The van der Waals surface area contributed by atoms with Crippen LogP contribution in [0.1, 0.15) is 18.5 Å². The Bertz CT molecular complexity index is 391. The van der Waals surface area contributed by atoms with E-state index in [-0.39, 0.29) is 11.3 Å². The summed E-state index contributed by atoms with van der Waals surface area (Å²) in [5.74, 6) is 0.411. The van der Waals surface area contributed by atoms with Crippen LogP contribution in [0.15, 0.2) is 12.3 Å². The van der Waals surface area contributed by atoms with Crippen molar-refractivity contribution in [3.05, 3.63) is 18.0 Å². The van der Waals surface area contributed by atoms with E-state index in [1.807, 2.05) is 0 Å². The highest BCUT2D eigenvalue weighted by atomic mass is 35.5. The van der Waals surface area contributed by atoms with Crippen LogP contribution in [0.2, 0.25) is 0 Å². The number of rotatable bonds is 3.